The van der Waals surface area contributed by atoms with E-state index in [-0.39, 0.29) is 0 Å². The fourth-order valence-electron chi connectivity index (χ4n) is 3.47. The number of ether oxygens (including phenoxy) is 2. The van der Waals surface area contributed by atoms with Crippen molar-refractivity contribution in [2.75, 3.05) is 32.2 Å². The molecule has 168 valence electrons. The number of hydrogen-bond donors (Lipinski definition) is 1. The first-order valence-corrected chi connectivity index (χ1v) is 12.4. The number of benzene rings is 1. The maximum Gasteiger partial charge on any atom is 0.122 e. The van der Waals surface area contributed by atoms with Crippen molar-refractivity contribution >= 4 is 11.6 Å². The second-order valence-corrected chi connectivity index (χ2v) is 8.34. The summed E-state index contributed by atoms with van der Waals surface area (Å²) < 4.78 is 11.3. The zero-order chi connectivity index (χ0) is 21.0. The van der Waals surface area contributed by atoms with Gasteiger partial charge < -0.3 is 14.8 Å². The Morgan fingerprint density at radius 3 is 2.10 bits per heavy atom. The average Bonchev–Trinajstić information content (AvgIpc) is 2.72. The lowest BCUT2D eigenvalue weighted by Gasteiger charge is -2.11. The molecule has 1 aromatic carbocycles. The van der Waals surface area contributed by atoms with Crippen molar-refractivity contribution < 1.29 is 9.47 Å². The van der Waals surface area contributed by atoms with Crippen LogP contribution >= 0.6 is 11.6 Å². The second kappa shape index (κ2) is 19.2. The van der Waals surface area contributed by atoms with Gasteiger partial charge in [-0.2, -0.15) is 0 Å². The van der Waals surface area contributed by atoms with Crippen LogP contribution in [0.5, 0.6) is 5.75 Å². The van der Waals surface area contributed by atoms with E-state index in [0.29, 0.717) is 19.1 Å². The van der Waals surface area contributed by atoms with Gasteiger partial charge in [0.1, 0.15) is 5.75 Å². The largest absolute Gasteiger partial charge is 0.493 e. The van der Waals surface area contributed by atoms with Crippen molar-refractivity contribution in [3.63, 3.8) is 0 Å². The van der Waals surface area contributed by atoms with Gasteiger partial charge in [-0.25, -0.2) is 0 Å². The molecular formula is C25H44ClNO2. The van der Waals surface area contributed by atoms with Gasteiger partial charge >= 0.3 is 0 Å². The van der Waals surface area contributed by atoms with Crippen LogP contribution in [-0.2, 0) is 11.3 Å². The van der Waals surface area contributed by atoms with Crippen LogP contribution in [0.25, 0.3) is 0 Å². The Bertz CT molecular complexity index is 496. The molecule has 1 aromatic rings. The molecule has 0 bridgehead atoms. The van der Waals surface area contributed by atoms with E-state index in [4.69, 9.17) is 21.1 Å². The van der Waals surface area contributed by atoms with E-state index in [1.165, 1.54) is 75.3 Å². The van der Waals surface area contributed by atoms with Crippen LogP contribution in [0, 0.1) is 6.92 Å². The zero-order valence-corrected chi connectivity index (χ0v) is 19.7. The predicted octanol–water partition coefficient (Wildman–Crippen LogP) is 7.03. The summed E-state index contributed by atoms with van der Waals surface area (Å²) >= 11 is 5.58. The van der Waals surface area contributed by atoms with Gasteiger partial charge in [0.25, 0.3) is 0 Å². The highest BCUT2D eigenvalue weighted by molar-refractivity contribution is 6.17. The highest BCUT2D eigenvalue weighted by atomic mass is 35.5. The molecule has 0 fully saturated rings. The van der Waals surface area contributed by atoms with Crippen LogP contribution in [0.4, 0.5) is 0 Å². The summed E-state index contributed by atoms with van der Waals surface area (Å²) in [4.78, 5) is 0. The number of halogens is 1. The molecule has 29 heavy (non-hydrogen) atoms. The minimum atomic E-state index is 0.555. The summed E-state index contributed by atoms with van der Waals surface area (Å²) in [7, 11) is 0. The quantitative estimate of drug-likeness (QED) is 0.179. The van der Waals surface area contributed by atoms with Gasteiger partial charge in [-0.3, -0.25) is 0 Å². The molecule has 0 aliphatic rings. The first kappa shape index (κ1) is 26.3. The summed E-state index contributed by atoms with van der Waals surface area (Å²) in [6.45, 7) is 8.24. The number of aryl methyl sites for hydroxylation is 1. The van der Waals surface area contributed by atoms with E-state index in [2.05, 4.69) is 37.4 Å². The lowest BCUT2D eigenvalue weighted by atomic mass is 10.1. The van der Waals surface area contributed by atoms with Crippen molar-refractivity contribution in [3.05, 3.63) is 29.3 Å². The number of unbranched alkanes of at least 4 members (excludes halogenated alkanes) is 10. The third-order valence-corrected chi connectivity index (χ3v) is 5.37. The first-order valence-electron chi connectivity index (χ1n) is 11.8. The Morgan fingerprint density at radius 1 is 0.828 bits per heavy atom. The van der Waals surface area contributed by atoms with Gasteiger partial charge in [0.2, 0.25) is 0 Å². The van der Waals surface area contributed by atoms with Gasteiger partial charge in [-0.1, -0.05) is 83.3 Å². The van der Waals surface area contributed by atoms with Crippen LogP contribution in [0.15, 0.2) is 18.2 Å². The van der Waals surface area contributed by atoms with Crippen LogP contribution in [0.3, 0.4) is 0 Å². The molecule has 0 saturated carbocycles. The Hall–Kier alpha value is -0.770. The van der Waals surface area contributed by atoms with Crippen LogP contribution < -0.4 is 10.1 Å². The topological polar surface area (TPSA) is 30.5 Å². The summed E-state index contributed by atoms with van der Waals surface area (Å²) in [6.07, 6.45) is 15.0. The van der Waals surface area contributed by atoms with Gasteiger partial charge in [0.05, 0.1) is 19.8 Å². The summed E-state index contributed by atoms with van der Waals surface area (Å²) in [5, 5.41) is 3.39. The molecule has 0 unspecified atom stereocenters. The Morgan fingerprint density at radius 2 is 1.48 bits per heavy atom. The molecule has 1 rings (SSSR count). The standard InChI is InChI=1S/C25H44ClNO2/c1-3-4-5-6-7-8-9-10-11-12-13-18-29-25-15-14-24(21-23(25)2)22-27-17-20-28-19-16-26/h14-15,21,27H,3-13,16-20,22H2,1-2H3. The summed E-state index contributed by atoms with van der Waals surface area (Å²) in [6, 6.07) is 6.47. The second-order valence-electron chi connectivity index (χ2n) is 7.96. The van der Waals surface area contributed by atoms with Gasteiger partial charge in [-0.15, -0.1) is 11.6 Å². The van der Waals surface area contributed by atoms with Crippen LogP contribution in [0.1, 0.15) is 88.7 Å². The molecule has 0 aliphatic heterocycles. The summed E-state index contributed by atoms with van der Waals surface area (Å²) in [5.74, 6) is 1.58. The molecular weight excluding hydrogens is 382 g/mol. The number of hydrogen-bond acceptors (Lipinski definition) is 3. The van der Waals surface area contributed by atoms with E-state index < -0.39 is 0 Å². The van der Waals surface area contributed by atoms with Crippen LogP contribution in [-0.4, -0.2) is 32.2 Å². The molecule has 0 radical (unpaired) electrons. The van der Waals surface area contributed by atoms with E-state index >= 15 is 0 Å². The van der Waals surface area contributed by atoms with Crippen molar-refractivity contribution in [1.29, 1.82) is 0 Å². The number of alkyl halides is 1. The zero-order valence-electron chi connectivity index (χ0n) is 18.9. The molecule has 0 atom stereocenters. The van der Waals surface area contributed by atoms with Gasteiger partial charge in [-0.05, 0) is 30.5 Å². The Balaban J connectivity index is 2.01. The minimum Gasteiger partial charge on any atom is -0.493 e. The molecule has 4 heteroatoms. The molecule has 0 saturated heterocycles. The van der Waals surface area contributed by atoms with Crippen molar-refractivity contribution in [2.45, 2.75) is 91.0 Å². The normalized spacial score (nSPS) is 11.1. The molecule has 1 N–H and O–H groups in total. The fraction of sp³-hybridized carbons (Fsp3) is 0.760. The van der Waals surface area contributed by atoms with E-state index in [1.807, 2.05) is 0 Å². The lowest BCUT2D eigenvalue weighted by Crippen LogP contribution is -2.19. The molecule has 3 nitrogen and oxygen atoms in total. The van der Waals surface area contributed by atoms with Gasteiger partial charge in [0.15, 0.2) is 0 Å². The monoisotopic (exact) mass is 425 g/mol. The smallest absolute Gasteiger partial charge is 0.122 e. The average molecular weight is 426 g/mol. The van der Waals surface area contributed by atoms with Crippen LogP contribution in [0.2, 0.25) is 0 Å². The minimum absolute atomic E-state index is 0.555. The van der Waals surface area contributed by atoms with Crippen molar-refractivity contribution in [2.24, 2.45) is 0 Å². The van der Waals surface area contributed by atoms with Crippen molar-refractivity contribution in [3.8, 4) is 5.75 Å². The van der Waals surface area contributed by atoms with Crippen molar-refractivity contribution in [1.82, 2.24) is 5.32 Å². The Labute approximate surface area is 184 Å². The first-order chi connectivity index (χ1) is 14.3. The van der Waals surface area contributed by atoms with E-state index in [0.717, 1.165) is 31.9 Å². The molecule has 0 aromatic heterocycles. The lowest BCUT2D eigenvalue weighted by molar-refractivity contribution is 0.151. The maximum atomic E-state index is 5.99. The molecule has 0 aliphatic carbocycles. The molecule has 0 heterocycles. The number of rotatable bonds is 20. The highest BCUT2D eigenvalue weighted by Crippen LogP contribution is 2.20. The molecule has 0 amide bonds. The van der Waals surface area contributed by atoms with E-state index in [1.54, 1.807) is 0 Å². The predicted molar refractivity (Wildman–Crippen MR) is 126 cm³/mol. The molecule has 0 spiro atoms. The Kier molecular flexibility index (Phi) is 17.4. The third-order valence-electron chi connectivity index (χ3n) is 5.22. The number of nitrogens with one attached hydrogen (secondary N) is 1. The fourth-order valence-corrected chi connectivity index (χ4v) is 3.57. The van der Waals surface area contributed by atoms with Gasteiger partial charge in [0, 0.05) is 19.0 Å². The SMILES string of the molecule is CCCCCCCCCCCCCOc1ccc(CNCCOCCCl)cc1C. The maximum absolute atomic E-state index is 5.99. The highest BCUT2D eigenvalue weighted by Gasteiger charge is 2.02. The third kappa shape index (κ3) is 14.8. The summed E-state index contributed by atoms with van der Waals surface area (Å²) in [5.41, 5.74) is 2.49. The van der Waals surface area contributed by atoms with E-state index in [9.17, 15) is 0 Å².